The number of benzene rings is 1. The average Bonchev–Trinajstić information content (AvgIpc) is 2.64. The van der Waals surface area contributed by atoms with Crippen molar-refractivity contribution < 1.29 is 0 Å². The van der Waals surface area contributed by atoms with Crippen molar-refractivity contribution in [2.45, 2.75) is 26.2 Å². The van der Waals surface area contributed by atoms with Crippen LogP contribution in [0.4, 0.5) is 5.82 Å². The Morgan fingerprint density at radius 1 is 1.32 bits per heavy atom. The van der Waals surface area contributed by atoms with Crippen molar-refractivity contribution >= 4 is 29.0 Å². The van der Waals surface area contributed by atoms with Crippen LogP contribution >= 0.6 is 23.2 Å². The van der Waals surface area contributed by atoms with Gasteiger partial charge in [-0.3, -0.25) is 4.68 Å². The molecule has 0 radical (unpaired) electrons. The summed E-state index contributed by atoms with van der Waals surface area (Å²) in [5.41, 5.74) is 8.93. The quantitative estimate of drug-likeness (QED) is 0.913. The first-order chi connectivity index (χ1) is 9.04. The van der Waals surface area contributed by atoms with E-state index < -0.39 is 0 Å². The predicted octanol–water partition coefficient (Wildman–Crippen LogP) is 4.32. The largest absolute Gasteiger partial charge is 0.383 e. The molecular formula is C14H17Cl2N3. The lowest BCUT2D eigenvalue weighted by Gasteiger charge is -2.07. The van der Waals surface area contributed by atoms with E-state index in [1.165, 1.54) is 0 Å². The molecule has 0 bridgehead atoms. The molecule has 3 nitrogen and oxygen atoms in total. The van der Waals surface area contributed by atoms with Crippen molar-refractivity contribution in [2.24, 2.45) is 7.05 Å². The van der Waals surface area contributed by atoms with E-state index in [0.717, 1.165) is 36.1 Å². The molecule has 0 unspecified atom stereocenters. The molecule has 0 aliphatic carbocycles. The topological polar surface area (TPSA) is 43.8 Å². The van der Waals surface area contributed by atoms with E-state index >= 15 is 0 Å². The molecule has 2 rings (SSSR count). The Morgan fingerprint density at radius 3 is 2.68 bits per heavy atom. The fourth-order valence-electron chi connectivity index (χ4n) is 2.10. The smallest absolute Gasteiger partial charge is 0.129 e. The van der Waals surface area contributed by atoms with Crippen LogP contribution in [0.1, 0.15) is 25.5 Å². The summed E-state index contributed by atoms with van der Waals surface area (Å²) in [6.07, 6.45) is 3.09. The molecule has 0 amide bonds. The van der Waals surface area contributed by atoms with Crippen LogP contribution in [0.25, 0.3) is 11.1 Å². The van der Waals surface area contributed by atoms with E-state index in [4.69, 9.17) is 28.9 Å². The summed E-state index contributed by atoms with van der Waals surface area (Å²) in [6.45, 7) is 2.15. The number of hydrogen-bond acceptors (Lipinski definition) is 2. The summed E-state index contributed by atoms with van der Waals surface area (Å²) in [5.74, 6) is 0.635. The van der Waals surface area contributed by atoms with Crippen LogP contribution in [0, 0.1) is 0 Å². The maximum atomic E-state index is 6.27. The number of nitrogen functional groups attached to an aromatic ring is 1. The molecule has 102 valence electrons. The molecule has 0 saturated carbocycles. The molecule has 0 fully saturated rings. The Balaban J connectivity index is 2.53. The number of nitrogens with zero attached hydrogens (tertiary/aromatic N) is 2. The number of aromatic nitrogens is 2. The van der Waals surface area contributed by atoms with Crippen LogP contribution in [0.5, 0.6) is 0 Å². The summed E-state index contributed by atoms with van der Waals surface area (Å²) < 4.78 is 1.70. The second kappa shape index (κ2) is 5.85. The van der Waals surface area contributed by atoms with E-state index in [2.05, 4.69) is 12.0 Å². The zero-order valence-corrected chi connectivity index (χ0v) is 12.6. The molecule has 1 aromatic heterocycles. The minimum Gasteiger partial charge on any atom is -0.383 e. The van der Waals surface area contributed by atoms with Gasteiger partial charge < -0.3 is 5.73 Å². The lowest BCUT2D eigenvalue weighted by Crippen LogP contribution is -1.98. The van der Waals surface area contributed by atoms with E-state index in [-0.39, 0.29) is 0 Å². The lowest BCUT2D eigenvalue weighted by atomic mass is 10.0. The fourth-order valence-corrected chi connectivity index (χ4v) is 2.60. The number of anilines is 1. The second-order valence-electron chi connectivity index (χ2n) is 4.56. The molecular weight excluding hydrogens is 281 g/mol. The number of hydrogen-bond donors (Lipinski definition) is 1. The Hall–Kier alpha value is -1.19. The summed E-state index contributed by atoms with van der Waals surface area (Å²) in [7, 11) is 1.85. The minimum atomic E-state index is 0.602. The maximum absolute atomic E-state index is 6.27. The van der Waals surface area contributed by atoms with Gasteiger partial charge in [-0.15, -0.1) is 0 Å². The fraction of sp³-hybridized carbons (Fsp3) is 0.357. The van der Waals surface area contributed by atoms with Crippen molar-refractivity contribution in [3.05, 3.63) is 33.9 Å². The van der Waals surface area contributed by atoms with E-state index in [9.17, 15) is 0 Å². The van der Waals surface area contributed by atoms with Crippen molar-refractivity contribution in [1.82, 2.24) is 9.78 Å². The van der Waals surface area contributed by atoms with Gasteiger partial charge in [-0.05, 0) is 25.0 Å². The van der Waals surface area contributed by atoms with Crippen molar-refractivity contribution in [3.63, 3.8) is 0 Å². The molecule has 1 aromatic carbocycles. The van der Waals surface area contributed by atoms with E-state index in [1.54, 1.807) is 10.7 Å². The van der Waals surface area contributed by atoms with Gasteiger partial charge in [0.05, 0.1) is 10.7 Å². The molecule has 0 aliphatic heterocycles. The van der Waals surface area contributed by atoms with Crippen molar-refractivity contribution in [3.8, 4) is 11.1 Å². The number of unbranched alkanes of at least 4 members (excludes halogenated alkanes) is 1. The molecule has 2 aromatic rings. The molecule has 0 spiro atoms. The van der Waals surface area contributed by atoms with Crippen LogP contribution in [-0.2, 0) is 13.5 Å². The summed E-state index contributed by atoms with van der Waals surface area (Å²) in [5, 5.41) is 5.71. The number of nitrogens with two attached hydrogens (primary N) is 1. The Kier molecular flexibility index (Phi) is 4.38. The highest BCUT2D eigenvalue weighted by molar-refractivity contribution is 6.36. The molecule has 0 saturated heterocycles. The maximum Gasteiger partial charge on any atom is 0.129 e. The average molecular weight is 298 g/mol. The van der Waals surface area contributed by atoms with Gasteiger partial charge in [0, 0.05) is 23.2 Å². The van der Waals surface area contributed by atoms with Gasteiger partial charge in [-0.1, -0.05) is 42.6 Å². The van der Waals surface area contributed by atoms with Crippen LogP contribution in [0.2, 0.25) is 10.0 Å². The van der Waals surface area contributed by atoms with Gasteiger partial charge in [0.1, 0.15) is 5.82 Å². The van der Waals surface area contributed by atoms with E-state index in [0.29, 0.717) is 15.9 Å². The van der Waals surface area contributed by atoms with Gasteiger partial charge in [0.2, 0.25) is 0 Å². The lowest BCUT2D eigenvalue weighted by molar-refractivity contribution is 0.718. The van der Waals surface area contributed by atoms with Gasteiger partial charge >= 0.3 is 0 Å². The first-order valence-electron chi connectivity index (χ1n) is 6.31. The zero-order valence-electron chi connectivity index (χ0n) is 11.1. The molecule has 5 heteroatoms. The predicted molar refractivity (Wildman–Crippen MR) is 81.7 cm³/mol. The zero-order chi connectivity index (χ0) is 14.0. The molecule has 0 atom stereocenters. The Morgan fingerprint density at radius 2 is 2.05 bits per heavy atom. The minimum absolute atomic E-state index is 0.602. The van der Waals surface area contributed by atoms with E-state index in [1.807, 2.05) is 19.2 Å². The van der Waals surface area contributed by atoms with Crippen LogP contribution in [0.3, 0.4) is 0 Å². The highest BCUT2D eigenvalue weighted by Crippen LogP contribution is 2.36. The third kappa shape index (κ3) is 2.88. The number of halogens is 2. The van der Waals surface area contributed by atoms with Crippen LogP contribution in [0.15, 0.2) is 18.2 Å². The van der Waals surface area contributed by atoms with Gasteiger partial charge in [0.15, 0.2) is 0 Å². The summed E-state index contributed by atoms with van der Waals surface area (Å²) >= 11 is 12.2. The normalized spacial score (nSPS) is 10.9. The molecule has 2 N–H and O–H groups in total. The SMILES string of the molecule is CCCCc1nn(C)c(N)c1-c1ccc(Cl)cc1Cl. The first kappa shape index (κ1) is 14.2. The monoisotopic (exact) mass is 297 g/mol. The van der Waals surface area contributed by atoms with Crippen molar-refractivity contribution in [2.75, 3.05) is 5.73 Å². The second-order valence-corrected chi connectivity index (χ2v) is 5.40. The van der Waals surface area contributed by atoms with Crippen molar-refractivity contribution in [1.29, 1.82) is 0 Å². The highest BCUT2D eigenvalue weighted by atomic mass is 35.5. The molecule has 19 heavy (non-hydrogen) atoms. The summed E-state index contributed by atoms with van der Waals surface area (Å²) in [6, 6.07) is 5.45. The molecule has 1 heterocycles. The van der Waals surface area contributed by atoms with Gasteiger partial charge in [-0.2, -0.15) is 5.10 Å². The third-order valence-corrected chi connectivity index (χ3v) is 3.68. The molecule has 0 aliphatic rings. The van der Waals surface area contributed by atoms with Gasteiger partial charge in [0.25, 0.3) is 0 Å². The van der Waals surface area contributed by atoms with Gasteiger partial charge in [-0.25, -0.2) is 0 Å². The summed E-state index contributed by atoms with van der Waals surface area (Å²) in [4.78, 5) is 0. The number of aryl methyl sites for hydroxylation is 2. The van der Waals surface area contributed by atoms with Crippen LogP contribution in [-0.4, -0.2) is 9.78 Å². The standard InChI is InChI=1S/C14H17Cl2N3/c1-3-4-5-12-13(14(17)19(2)18-12)10-7-6-9(15)8-11(10)16/h6-8H,3-5,17H2,1-2H3. The Labute approximate surface area is 123 Å². The van der Waals surface area contributed by atoms with Crippen LogP contribution < -0.4 is 5.73 Å². The first-order valence-corrected chi connectivity index (χ1v) is 7.07. The third-order valence-electron chi connectivity index (χ3n) is 3.13. The number of rotatable bonds is 4. The highest BCUT2D eigenvalue weighted by Gasteiger charge is 2.17. The Bertz CT molecular complexity index is 591.